The highest BCUT2D eigenvalue weighted by Gasteiger charge is 2.21. The number of carbonyl (C=O) groups excluding carboxylic acids is 1. The van der Waals surface area contributed by atoms with E-state index in [2.05, 4.69) is 10.3 Å². The predicted octanol–water partition coefficient (Wildman–Crippen LogP) is 1.56. The molecule has 0 saturated heterocycles. The molecule has 2 rings (SSSR count). The second-order valence-corrected chi connectivity index (χ2v) is 5.10. The first-order valence-electron chi connectivity index (χ1n) is 6.43. The van der Waals surface area contributed by atoms with E-state index >= 15 is 0 Å². The van der Waals surface area contributed by atoms with Crippen LogP contribution in [0, 0.1) is 5.92 Å². The van der Waals surface area contributed by atoms with E-state index in [0.29, 0.717) is 12.0 Å². The topological polar surface area (TPSA) is 83.7 Å². The normalized spacial score (nSPS) is 12.6. The lowest BCUT2D eigenvalue weighted by Gasteiger charge is -2.16. The van der Waals surface area contributed by atoms with Crippen LogP contribution in [-0.2, 0) is 4.79 Å². The standard InChI is InChI=1S/C14H17N3O3/c1-9(2)7-11(14(19)20)16-13(18)10-3-4-12-15-5-6-17(12)8-10/h3-6,8-9,11H,7H2,1-2H3,(H,16,18)(H,19,20). The van der Waals surface area contributed by atoms with Crippen LogP contribution >= 0.6 is 0 Å². The molecule has 2 aromatic rings. The maximum Gasteiger partial charge on any atom is 0.326 e. The molecular weight excluding hydrogens is 258 g/mol. The first-order chi connectivity index (χ1) is 9.47. The zero-order chi connectivity index (χ0) is 14.7. The van der Waals surface area contributed by atoms with Gasteiger partial charge in [-0.15, -0.1) is 0 Å². The summed E-state index contributed by atoms with van der Waals surface area (Å²) in [4.78, 5) is 27.3. The number of hydrogen-bond donors (Lipinski definition) is 2. The van der Waals surface area contributed by atoms with Gasteiger partial charge in [0.1, 0.15) is 11.7 Å². The van der Waals surface area contributed by atoms with Crippen molar-refractivity contribution in [3.8, 4) is 0 Å². The number of nitrogens with zero attached hydrogens (tertiary/aromatic N) is 2. The van der Waals surface area contributed by atoms with Crippen molar-refractivity contribution >= 4 is 17.5 Å². The van der Waals surface area contributed by atoms with Crippen molar-refractivity contribution in [2.75, 3.05) is 0 Å². The highest BCUT2D eigenvalue weighted by molar-refractivity contribution is 5.96. The van der Waals surface area contributed by atoms with Crippen LogP contribution in [0.3, 0.4) is 0 Å². The van der Waals surface area contributed by atoms with Crippen LogP contribution in [0.2, 0.25) is 0 Å². The predicted molar refractivity (Wildman–Crippen MR) is 73.5 cm³/mol. The van der Waals surface area contributed by atoms with Crippen molar-refractivity contribution < 1.29 is 14.7 Å². The Labute approximate surface area is 116 Å². The molecule has 0 bridgehead atoms. The lowest BCUT2D eigenvalue weighted by atomic mass is 10.0. The number of rotatable bonds is 5. The summed E-state index contributed by atoms with van der Waals surface area (Å²) in [5.74, 6) is -1.23. The Hall–Kier alpha value is -2.37. The fraction of sp³-hybridized carbons (Fsp3) is 0.357. The molecule has 1 atom stereocenters. The van der Waals surface area contributed by atoms with Crippen molar-refractivity contribution in [3.05, 3.63) is 36.3 Å². The molecule has 0 fully saturated rings. The van der Waals surface area contributed by atoms with Gasteiger partial charge in [0.2, 0.25) is 0 Å². The number of hydrogen-bond acceptors (Lipinski definition) is 3. The maximum absolute atomic E-state index is 12.1. The van der Waals surface area contributed by atoms with Gasteiger partial charge < -0.3 is 14.8 Å². The molecule has 20 heavy (non-hydrogen) atoms. The monoisotopic (exact) mass is 275 g/mol. The van der Waals surface area contributed by atoms with Gasteiger partial charge in [-0.2, -0.15) is 0 Å². The minimum absolute atomic E-state index is 0.188. The number of carboxylic acid groups (broad SMARTS) is 1. The maximum atomic E-state index is 12.1. The van der Waals surface area contributed by atoms with Crippen LogP contribution in [0.25, 0.3) is 5.65 Å². The third kappa shape index (κ3) is 3.14. The lowest BCUT2D eigenvalue weighted by molar-refractivity contribution is -0.139. The van der Waals surface area contributed by atoms with E-state index in [4.69, 9.17) is 5.11 Å². The van der Waals surface area contributed by atoms with Gasteiger partial charge in [-0.3, -0.25) is 4.79 Å². The number of aromatic nitrogens is 2. The highest BCUT2D eigenvalue weighted by atomic mass is 16.4. The van der Waals surface area contributed by atoms with Gasteiger partial charge in [0, 0.05) is 18.6 Å². The first kappa shape index (κ1) is 14.0. The Morgan fingerprint density at radius 3 is 2.80 bits per heavy atom. The molecule has 0 aliphatic carbocycles. The number of aliphatic carboxylic acids is 1. The second kappa shape index (κ2) is 5.73. The third-order valence-corrected chi connectivity index (χ3v) is 2.96. The molecule has 0 radical (unpaired) electrons. The smallest absolute Gasteiger partial charge is 0.326 e. The van der Waals surface area contributed by atoms with Gasteiger partial charge in [0.05, 0.1) is 5.56 Å². The van der Waals surface area contributed by atoms with E-state index in [9.17, 15) is 9.59 Å². The van der Waals surface area contributed by atoms with E-state index < -0.39 is 17.9 Å². The fourth-order valence-corrected chi connectivity index (χ4v) is 1.99. The van der Waals surface area contributed by atoms with E-state index in [0.717, 1.165) is 5.65 Å². The molecule has 2 heterocycles. The Balaban J connectivity index is 2.15. The van der Waals surface area contributed by atoms with Gasteiger partial charge >= 0.3 is 5.97 Å². The number of amides is 1. The molecule has 0 aromatic carbocycles. The number of carbonyl (C=O) groups is 2. The Kier molecular flexibility index (Phi) is 4.02. The van der Waals surface area contributed by atoms with Crippen LogP contribution in [0.4, 0.5) is 0 Å². The molecule has 106 valence electrons. The third-order valence-electron chi connectivity index (χ3n) is 2.96. The van der Waals surface area contributed by atoms with E-state index in [1.54, 1.807) is 35.1 Å². The van der Waals surface area contributed by atoms with Gasteiger partial charge in [-0.05, 0) is 24.5 Å². The quantitative estimate of drug-likeness (QED) is 0.867. The summed E-state index contributed by atoms with van der Waals surface area (Å²) in [6.07, 6.45) is 5.39. The summed E-state index contributed by atoms with van der Waals surface area (Å²) in [7, 11) is 0. The van der Waals surface area contributed by atoms with Crippen molar-refractivity contribution in [1.82, 2.24) is 14.7 Å². The number of pyridine rings is 1. The first-order valence-corrected chi connectivity index (χ1v) is 6.43. The van der Waals surface area contributed by atoms with Crippen LogP contribution < -0.4 is 5.32 Å². The van der Waals surface area contributed by atoms with Crippen LogP contribution in [0.15, 0.2) is 30.7 Å². The minimum atomic E-state index is -1.02. The van der Waals surface area contributed by atoms with Crippen LogP contribution in [-0.4, -0.2) is 32.4 Å². The number of nitrogens with one attached hydrogen (secondary N) is 1. The Morgan fingerprint density at radius 1 is 1.40 bits per heavy atom. The average Bonchev–Trinajstić information content (AvgIpc) is 2.84. The Bertz CT molecular complexity index is 633. The summed E-state index contributed by atoms with van der Waals surface area (Å²) in [6, 6.07) is 2.47. The number of imidazole rings is 1. The summed E-state index contributed by atoms with van der Waals surface area (Å²) < 4.78 is 1.72. The van der Waals surface area contributed by atoms with Gasteiger partial charge in [-0.25, -0.2) is 9.78 Å². The average molecular weight is 275 g/mol. The zero-order valence-corrected chi connectivity index (χ0v) is 11.4. The zero-order valence-electron chi connectivity index (χ0n) is 11.4. The summed E-state index contributed by atoms with van der Waals surface area (Å²) in [6.45, 7) is 3.83. The molecule has 0 spiro atoms. The molecular formula is C14H17N3O3. The SMILES string of the molecule is CC(C)CC(NC(=O)c1ccc2nccn2c1)C(=O)O. The molecule has 1 unspecified atom stereocenters. The highest BCUT2D eigenvalue weighted by Crippen LogP contribution is 2.08. The van der Waals surface area contributed by atoms with Crippen molar-refractivity contribution in [1.29, 1.82) is 0 Å². The molecule has 6 heteroatoms. The van der Waals surface area contributed by atoms with Crippen molar-refractivity contribution in [2.24, 2.45) is 5.92 Å². The molecule has 1 amide bonds. The molecule has 0 aliphatic rings. The molecule has 0 aliphatic heterocycles. The molecule has 0 saturated carbocycles. The van der Waals surface area contributed by atoms with Gasteiger partial charge in [-0.1, -0.05) is 13.8 Å². The minimum Gasteiger partial charge on any atom is -0.480 e. The summed E-state index contributed by atoms with van der Waals surface area (Å²) in [5, 5.41) is 11.7. The second-order valence-electron chi connectivity index (χ2n) is 5.10. The van der Waals surface area contributed by atoms with Crippen molar-refractivity contribution in [2.45, 2.75) is 26.3 Å². The Morgan fingerprint density at radius 2 is 2.15 bits per heavy atom. The van der Waals surface area contributed by atoms with Gasteiger partial charge in [0.25, 0.3) is 5.91 Å². The van der Waals surface area contributed by atoms with E-state index in [1.165, 1.54) is 0 Å². The van der Waals surface area contributed by atoms with E-state index in [1.807, 2.05) is 13.8 Å². The van der Waals surface area contributed by atoms with Gasteiger partial charge in [0.15, 0.2) is 0 Å². The van der Waals surface area contributed by atoms with Crippen LogP contribution in [0.1, 0.15) is 30.6 Å². The summed E-state index contributed by atoms with van der Waals surface area (Å²) in [5.41, 5.74) is 1.14. The van der Waals surface area contributed by atoms with E-state index in [-0.39, 0.29) is 5.92 Å². The molecule has 6 nitrogen and oxygen atoms in total. The largest absolute Gasteiger partial charge is 0.480 e. The molecule has 2 N–H and O–H groups in total. The fourth-order valence-electron chi connectivity index (χ4n) is 1.99. The van der Waals surface area contributed by atoms with Crippen LogP contribution in [0.5, 0.6) is 0 Å². The van der Waals surface area contributed by atoms with Crippen molar-refractivity contribution in [3.63, 3.8) is 0 Å². The lowest BCUT2D eigenvalue weighted by Crippen LogP contribution is -2.41. The number of carboxylic acids is 1. The number of fused-ring (bicyclic) bond motifs is 1. The summed E-state index contributed by atoms with van der Waals surface area (Å²) >= 11 is 0. The molecule has 2 aromatic heterocycles.